The van der Waals surface area contributed by atoms with E-state index in [0.717, 1.165) is 73.3 Å². The number of fused-ring (bicyclic) bond motifs is 1. The summed E-state index contributed by atoms with van der Waals surface area (Å²) in [7, 11) is 1.64. The Morgan fingerprint density at radius 2 is 2.00 bits per heavy atom. The lowest BCUT2D eigenvalue weighted by atomic mass is 9.90. The van der Waals surface area contributed by atoms with Crippen molar-refractivity contribution in [1.82, 2.24) is 9.88 Å². The molecule has 2 aromatic rings. The molecule has 1 aliphatic carbocycles. The number of carbonyl (C=O) groups excluding carboxylic acids is 2. The maximum atomic E-state index is 12.9. The number of hydrogen-bond acceptors (Lipinski definition) is 6. The molecular formula is C22H28N4O3S. The van der Waals surface area contributed by atoms with Gasteiger partial charge in [0.15, 0.2) is 5.13 Å². The van der Waals surface area contributed by atoms with E-state index in [1.54, 1.807) is 25.4 Å². The maximum absolute atomic E-state index is 12.9. The lowest BCUT2D eigenvalue weighted by Gasteiger charge is -2.33. The molecule has 30 heavy (non-hydrogen) atoms. The first kappa shape index (κ1) is 20.7. The molecule has 1 fully saturated rings. The lowest BCUT2D eigenvalue weighted by Crippen LogP contribution is -2.48. The predicted molar refractivity (Wildman–Crippen MR) is 118 cm³/mol. The molecule has 4 rings (SSSR count). The molecule has 0 radical (unpaired) electrons. The third-order valence-electron chi connectivity index (χ3n) is 5.99. The topological polar surface area (TPSA) is 74.8 Å². The zero-order chi connectivity index (χ0) is 21.3. The maximum Gasteiger partial charge on any atom is 0.227 e. The van der Waals surface area contributed by atoms with Gasteiger partial charge in [0.1, 0.15) is 5.75 Å². The van der Waals surface area contributed by atoms with Gasteiger partial charge in [0.25, 0.3) is 0 Å². The number of carbonyl (C=O) groups is 2. The molecule has 8 heteroatoms. The summed E-state index contributed by atoms with van der Waals surface area (Å²) in [5.41, 5.74) is 2.96. The number of piperazine rings is 1. The number of nitrogens with zero attached hydrogens (tertiary/aromatic N) is 3. The first-order chi connectivity index (χ1) is 14.4. The number of benzene rings is 1. The molecular weight excluding hydrogens is 400 g/mol. The second-order valence-corrected chi connectivity index (χ2v) is 9.03. The van der Waals surface area contributed by atoms with Gasteiger partial charge < -0.3 is 19.9 Å². The van der Waals surface area contributed by atoms with Crippen LogP contribution in [0.2, 0.25) is 0 Å². The summed E-state index contributed by atoms with van der Waals surface area (Å²) >= 11 is 1.70. The normalized spacial score (nSPS) is 18.7. The number of amides is 2. The lowest BCUT2D eigenvalue weighted by molar-refractivity contribution is -0.129. The number of anilines is 2. The van der Waals surface area contributed by atoms with Crippen LogP contribution in [-0.4, -0.2) is 55.0 Å². The summed E-state index contributed by atoms with van der Waals surface area (Å²) in [5, 5.41) is 4.11. The number of rotatable bonds is 4. The molecule has 1 atom stereocenters. The molecule has 160 valence electrons. The number of aromatic nitrogens is 1. The molecule has 0 bridgehead atoms. The molecule has 2 heterocycles. The fraction of sp³-hybridized carbons (Fsp3) is 0.500. The third kappa shape index (κ3) is 4.28. The number of nitrogens with one attached hydrogen (secondary N) is 1. The summed E-state index contributed by atoms with van der Waals surface area (Å²) in [5.74, 6) is 0.948. The van der Waals surface area contributed by atoms with Gasteiger partial charge in [-0.05, 0) is 49.9 Å². The first-order valence-electron chi connectivity index (χ1n) is 10.4. The smallest absolute Gasteiger partial charge is 0.227 e. The van der Waals surface area contributed by atoms with Gasteiger partial charge in [0.2, 0.25) is 11.8 Å². The zero-order valence-electron chi connectivity index (χ0n) is 17.7. The average molecular weight is 429 g/mol. The molecule has 1 aliphatic heterocycles. The zero-order valence-corrected chi connectivity index (χ0v) is 18.6. The van der Waals surface area contributed by atoms with Crippen molar-refractivity contribution in [3.63, 3.8) is 0 Å². The number of thiazole rings is 1. The van der Waals surface area contributed by atoms with Gasteiger partial charge in [-0.2, -0.15) is 0 Å². The van der Waals surface area contributed by atoms with Gasteiger partial charge in [-0.3, -0.25) is 9.59 Å². The van der Waals surface area contributed by atoms with Crippen molar-refractivity contribution in [3.8, 4) is 5.75 Å². The van der Waals surface area contributed by atoms with Crippen LogP contribution in [0, 0.1) is 12.8 Å². The summed E-state index contributed by atoms with van der Waals surface area (Å²) in [6.45, 7) is 6.70. The first-order valence-corrected chi connectivity index (χ1v) is 11.2. The second kappa shape index (κ2) is 8.63. The standard InChI is InChI=1S/C22H28N4O3S/c1-14-12-17(29-3)5-7-18(14)23-21(28)16-4-6-19-20(13-16)30-22(24-19)26-10-8-25(9-11-26)15(2)27/h5,7,12,16H,4,6,8-11,13H2,1-3H3,(H,23,28)/t16-/m0/s1. The van der Waals surface area contributed by atoms with E-state index in [1.807, 2.05) is 30.0 Å². The fourth-order valence-corrected chi connectivity index (χ4v) is 5.31. The number of ether oxygens (including phenoxy) is 1. The highest BCUT2D eigenvalue weighted by atomic mass is 32.1. The van der Waals surface area contributed by atoms with Crippen molar-refractivity contribution in [2.24, 2.45) is 5.92 Å². The number of methoxy groups -OCH3 is 1. The highest BCUT2D eigenvalue weighted by molar-refractivity contribution is 7.15. The molecule has 1 saturated heterocycles. The van der Waals surface area contributed by atoms with Crippen LogP contribution in [0.25, 0.3) is 0 Å². The van der Waals surface area contributed by atoms with E-state index in [4.69, 9.17) is 9.72 Å². The summed E-state index contributed by atoms with van der Waals surface area (Å²) in [6, 6.07) is 5.69. The molecule has 2 aliphatic rings. The van der Waals surface area contributed by atoms with E-state index >= 15 is 0 Å². The van der Waals surface area contributed by atoms with Crippen LogP contribution in [0.15, 0.2) is 18.2 Å². The molecule has 2 amide bonds. The largest absolute Gasteiger partial charge is 0.497 e. The number of hydrogen-bond donors (Lipinski definition) is 1. The predicted octanol–water partition coefficient (Wildman–Crippen LogP) is 2.87. The molecule has 1 aromatic carbocycles. The minimum absolute atomic E-state index is 0.0399. The Labute approximate surface area is 181 Å². The summed E-state index contributed by atoms with van der Waals surface area (Å²) < 4.78 is 5.24. The fourth-order valence-electron chi connectivity index (χ4n) is 4.07. The van der Waals surface area contributed by atoms with E-state index < -0.39 is 0 Å². The van der Waals surface area contributed by atoms with E-state index in [2.05, 4.69) is 10.2 Å². The molecule has 0 unspecified atom stereocenters. The minimum atomic E-state index is -0.0399. The van der Waals surface area contributed by atoms with Crippen molar-refractivity contribution in [2.45, 2.75) is 33.1 Å². The Kier molecular flexibility index (Phi) is 5.94. The molecule has 1 N–H and O–H groups in total. The van der Waals surface area contributed by atoms with Gasteiger partial charge in [-0.15, -0.1) is 11.3 Å². The van der Waals surface area contributed by atoms with E-state index in [9.17, 15) is 9.59 Å². The Morgan fingerprint density at radius 1 is 1.23 bits per heavy atom. The van der Waals surface area contributed by atoms with Crippen molar-refractivity contribution >= 4 is 34.0 Å². The SMILES string of the molecule is COc1ccc(NC(=O)[C@H]2CCc3nc(N4CCN(C(C)=O)CC4)sc3C2)c(C)c1. The van der Waals surface area contributed by atoms with Crippen LogP contribution in [0.4, 0.5) is 10.8 Å². The Bertz CT molecular complexity index is 950. The average Bonchev–Trinajstić information content (AvgIpc) is 3.18. The van der Waals surface area contributed by atoms with Crippen LogP contribution in [0.5, 0.6) is 5.75 Å². The summed E-state index contributed by atoms with van der Waals surface area (Å²) in [6.07, 6.45) is 2.38. The Balaban J connectivity index is 1.39. The van der Waals surface area contributed by atoms with Crippen LogP contribution in [0.1, 0.15) is 29.5 Å². The monoisotopic (exact) mass is 428 g/mol. The van der Waals surface area contributed by atoms with Gasteiger partial charge in [-0.1, -0.05) is 0 Å². The molecule has 0 saturated carbocycles. The van der Waals surface area contributed by atoms with Crippen molar-refractivity contribution < 1.29 is 14.3 Å². The molecule has 7 nitrogen and oxygen atoms in total. The molecule has 0 spiro atoms. The van der Waals surface area contributed by atoms with Crippen molar-refractivity contribution in [1.29, 1.82) is 0 Å². The van der Waals surface area contributed by atoms with Crippen LogP contribution >= 0.6 is 11.3 Å². The van der Waals surface area contributed by atoms with E-state index in [0.29, 0.717) is 0 Å². The van der Waals surface area contributed by atoms with Gasteiger partial charge in [-0.25, -0.2) is 4.98 Å². The highest BCUT2D eigenvalue weighted by Crippen LogP contribution is 2.35. The van der Waals surface area contributed by atoms with Crippen LogP contribution in [-0.2, 0) is 22.4 Å². The third-order valence-corrected chi connectivity index (χ3v) is 7.17. The van der Waals surface area contributed by atoms with E-state index in [-0.39, 0.29) is 17.7 Å². The second-order valence-electron chi connectivity index (χ2n) is 7.97. The van der Waals surface area contributed by atoms with E-state index in [1.165, 1.54) is 4.88 Å². The highest BCUT2D eigenvalue weighted by Gasteiger charge is 2.29. The quantitative estimate of drug-likeness (QED) is 0.811. The Hall–Kier alpha value is -2.61. The van der Waals surface area contributed by atoms with Gasteiger partial charge in [0, 0.05) is 49.6 Å². The van der Waals surface area contributed by atoms with Crippen molar-refractivity contribution in [3.05, 3.63) is 34.3 Å². The summed E-state index contributed by atoms with van der Waals surface area (Å²) in [4.78, 5) is 34.6. The minimum Gasteiger partial charge on any atom is -0.497 e. The van der Waals surface area contributed by atoms with Crippen molar-refractivity contribution in [2.75, 3.05) is 43.5 Å². The molecule has 1 aromatic heterocycles. The van der Waals surface area contributed by atoms with Crippen LogP contribution in [0.3, 0.4) is 0 Å². The van der Waals surface area contributed by atoms with Gasteiger partial charge >= 0.3 is 0 Å². The van der Waals surface area contributed by atoms with Gasteiger partial charge in [0.05, 0.1) is 12.8 Å². The number of aryl methyl sites for hydroxylation is 2. The Morgan fingerprint density at radius 3 is 2.67 bits per heavy atom. The van der Waals surface area contributed by atoms with Crippen LogP contribution < -0.4 is 15.0 Å².